The van der Waals surface area contributed by atoms with Crippen LogP contribution in [0.25, 0.3) is 11.5 Å². The molecule has 1 aromatic heterocycles. The quantitative estimate of drug-likeness (QED) is 0.649. The normalized spacial score (nSPS) is 20.4. The lowest BCUT2D eigenvalue weighted by Gasteiger charge is -2.32. The van der Waals surface area contributed by atoms with E-state index in [4.69, 9.17) is 9.15 Å². The highest BCUT2D eigenvalue weighted by Crippen LogP contribution is 2.19. The average Bonchev–Trinajstić information content (AvgIpc) is 3.25. The number of nitrogens with zero attached hydrogens (tertiary/aromatic N) is 2. The van der Waals surface area contributed by atoms with E-state index in [1.165, 1.54) is 16.9 Å². The van der Waals surface area contributed by atoms with Gasteiger partial charge in [0.1, 0.15) is 32.7 Å². The van der Waals surface area contributed by atoms with Gasteiger partial charge in [0.2, 0.25) is 5.89 Å². The molecule has 0 unspecified atom stereocenters. The van der Waals surface area contributed by atoms with Crippen LogP contribution in [0.5, 0.6) is 5.75 Å². The number of piperazine rings is 1. The molecular formula is C22H27FN4O2+2. The smallest absolute Gasteiger partial charge is 0.274 e. The van der Waals surface area contributed by atoms with Crippen LogP contribution in [0.15, 0.2) is 52.9 Å². The molecule has 2 N–H and O–H groups in total. The van der Waals surface area contributed by atoms with Gasteiger partial charge in [-0.2, -0.15) is 0 Å². The third kappa shape index (κ3) is 4.46. The summed E-state index contributed by atoms with van der Waals surface area (Å²) >= 11 is 0. The van der Waals surface area contributed by atoms with E-state index in [0.29, 0.717) is 17.5 Å². The average molecular weight is 398 g/mol. The van der Waals surface area contributed by atoms with Crippen LogP contribution in [0.3, 0.4) is 0 Å². The van der Waals surface area contributed by atoms with Crippen LogP contribution in [0.1, 0.15) is 24.4 Å². The van der Waals surface area contributed by atoms with Gasteiger partial charge in [0.25, 0.3) is 5.89 Å². The first kappa shape index (κ1) is 19.5. The van der Waals surface area contributed by atoms with E-state index in [-0.39, 0.29) is 11.9 Å². The van der Waals surface area contributed by atoms with Crippen molar-refractivity contribution in [1.82, 2.24) is 10.2 Å². The minimum absolute atomic E-state index is 0.153. The molecule has 0 radical (unpaired) electrons. The first-order valence-corrected chi connectivity index (χ1v) is 10.0. The summed E-state index contributed by atoms with van der Waals surface area (Å²) in [6.07, 6.45) is 0. The second-order valence-electron chi connectivity index (χ2n) is 7.59. The van der Waals surface area contributed by atoms with Crippen molar-refractivity contribution in [3.8, 4) is 17.2 Å². The van der Waals surface area contributed by atoms with Crippen LogP contribution < -0.4 is 14.5 Å². The Bertz CT molecular complexity index is 939. The molecule has 6 nitrogen and oxygen atoms in total. The molecule has 0 spiro atoms. The van der Waals surface area contributed by atoms with Gasteiger partial charge in [0.05, 0.1) is 7.11 Å². The van der Waals surface area contributed by atoms with Crippen molar-refractivity contribution in [2.45, 2.75) is 19.5 Å². The monoisotopic (exact) mass is 398 g/mol. The molecule has 0 aliphatic carbocycles. The predicted octanol–water partition coefficient (Wildman–Crippen LogP) is 0.929. The van der Waals surface area contributed by atoms with Crippen molar-refractivity contribution in [3.63, 3.8) is 0 Å². The van der Waals surface area contributed by atoms with Gasteiger partial charge in [-0.1, -0.05) is 18.2 Å². The van der Waals surface area contributed by atoms with E-state index in [1.54, 1.807) is 12.1 Å². The Hall–Kier alpha value is -2.77. The molecule has 3 aromatic rings. The second-order valence-corrected chi connectivity index (χ2v) is 7.59. The molecule has 0 saturated carbocycles. The lowest BCUT2D eigenvalue weighted by molar-refractivity contribution is -1.03. The molecule has 1 saturated heterocycles. The van der Waals surface area contributed by atoms with Gasteiger partial charge in [-0.05, 0) is 37.3 Å². The van der Waals surface area contributed by atoms with Crippen LogP contribution in [0, 0.1) is 5.82 Å². The van der Waals surface area contributed by atoms with Crippen LogP contribution in [-0.2, 0) is 6.54 Å². The Morgan fingerprint density at radius 2 is 1.83 bits per heavy atom. The zero-order valence-electron chi connectivity index (χ0n) is 16.8. The Balaban J connectivity index is 1.33. The number of methoxy groups -OCH3 is 1. The zero-order chi connectivity index (χ0) is 20.2. The first-order chi connectivity index (χ1) is 14.1. The molecule has 1 aliphatic heterocycles. The number of hydrogen-bond acceptors (Lipinski definition) is 4. The van der Waals surface area contributed by atoms with Crippen molar-refractivity contribution in [2.75, 3.05) is 33.3 Å². The largest absolute Gasteiger partial charge is 0.494 e. The van der Waals surface area contributed by atoms with E-state index in [2.05, 4.69) is 17.1 Å². The minimum atomic E-state index is -0.298. The fourth-order valence-electron chi connectivity index (χ4n) is 3.92. The first-order valence-electron chi connectivity index (χ1n) is 10.0. The van der Waals surface area contributed by atoms with Crippen LogP contribution >= 0.6 is 0 Å². The molecule has 4 rings (SSSR count). The number of ether oxygens (including phenoxy) is 1. The van der Waals surface area contributed by atoms with Crippen molar-refractivity contribution in [1.29, 1.82) is 0 Å². The summed E-state index contributed by atoms with van der Waals surface area (Å²) in [7, 11) is 1.48. The van der Waals surface area contributed by atoms with Crippen molar-refractivity contribution >= 4 is 0 Å². The van der Waals surface area contributed by atoms with Crippen molar-refractivity contribution in [2.24, 2.45) is 0 Å². The lowest BCUT2D eigenvalue weighted by atomic mass is 10.1. The van der Waals surface area contributed by atoms with E-state index in [0.717, 1.165) is 43.9 Å². The predicted molar refractivity (Wildman–Crippen MR) is 106 cm³/mol. The van der Waals surface area contributed by atoms with Gasteiger partial charge >= 0.3 is 0 Å². The minimum Gasteiger partial charge on any atom is -0.494 e. The van der Waals surface area contributed by atoms with Crippen LogP contribution in [0.4, 0.5) is 4.39 Å². The molecule has 0 bridgehead atoms. The molecule has 152 valence electrons. The number of aromatic nitrogens is 2. The van der Waals surface area contributed by atoms with Gasteiger partial charge in [-0.15, -0.1) is 10.2 Å². The standard InChI is InChI=1S/C22H25FN4O2/c1-16(21-24-25-22(29-21)18-6-4-3-5-7-18)27-12-10-26(11-13-27)15-17-8-9-20(28-2)19(23)14-17/h3-9,14,16H,10-13,15H2,1-2H3/p+2/t16-/m1/s1. The summed E-state index contributed by atoms with van der Waals surface area (Å²) in [5, 5.41) is 8.50. The maximum absolute atomic E-state index is 13.9. The third-order valence-electron chi connectivity index (χ3n) is 5.71. The van der Waals surface area contributed by atoms with Crippen LogP contribution in [-0.4, -0.2) is 43.5 Å². The lowest BCUT2D eigenvalue weighted by Crippen LogP contribution is -3.27. The Labute approximate surface area is 169 Å². The molecule has 1 atom stereocenters. The van der Waals surface area contributed by atoms with Gasteiger partial charge < -0.3 is 19.0 Å². The number of hydrogen-bond donors (Lipinski definition) is 2. The third-order valence-corrected chi connectivity index (χ3v) is 5.71. The van der Waals surface area contributed by atoms with Gasteiger partial charge in [0.15, 0.2) is 17.6 Å². The van der Waals surface area contributed by atoms with Crippen LogP contribution in [0.2, 0.25) is 0 Å². The van der Waals surface area contributed by atoms with E-state index in [9.17, 15) is 4.39 Å². The topological polar surface area (TPSA) is 57.0 Å². The van der Waals surface area contributed by atoms with E-state index >= 15 is 0 Å². The maximum Gasteiger partial charge on any atom is 0.274 e. The van der Waals surface area contributed by atoms with Gasteiger partial charge in [-0.25, -0.2) is 4.39 Å². The van der Waals surface area contributed by atoms with Gasteiger partial charge in [-0.3, -0.25) is 0 Å². The zero-order valence-corrected chi connectivity index (χ0v) is 16.8. The Morgan fingerprint density at radius 1 is 1.07 bits per heavy atom. The molecule has 1 aliphatic rings. The van der Waals surface area contributed by atoms with Gasteiger partial charge in [0, 0.05) is 11.1 Å². The number of halogens is 1. The summed E-state index contributed by atoms with van der Waals surface area (Å²) in [5.41, 5.74) is 1.94. The molecule has 2 aromatic carbocycles. The molecule has 7 heteroatoms. The van der Waals surface area contributed by atoms with E-state index < -0.39 is 0 Å². The van der Waals surface area contributed by atoms with E-state index in [1.807, 2.05) is 36.4 Å². The summed E-state index contributed by atoms with van der Waals surface area (Å²) in [5.74, 6) is 1.24. The molecular weight excluding hydrogens is 371 g/mol. The Morgan fingerprint density at radius 3 is 2.52 bits per heavy atom. The summed E-state index contributed by atoms with van der Waals surface area (Å²) < 4.78 is 24.9. The summed E-state index contributed by atoms with van der Waals surface area (Å²) in [6.45, 7) is 7.03. The second kappa shape index (κ2) is 8.71. The Kier molecular flexibility index (Phi) is 5.87. The summed E-state index contributed by atoms with van der Waals surface area (Å²) in [4.78, 5) is 2.90. The SMILES string of the molecule is COc1ccc(C[NH+]2CC[NH+]([C@H](C)c3nnc(-c4ccccc4)o3)CC2)cc1F. The number of nitrogens with one attached hydrogen (secondary N) is 2. The highest BCUT2D eigenvalue weighted by Gasteiger charge is 2.31. The fourth-order valence-corrected chi connectivity index (χ4v) is 3.92. The van der Waals surface area contributed by atoms with Crippen molar-refractivity contribution in [3.05, 3.63) is 65.8 Å². The fraction of sp³-hybridized carbons (Fsp3) is 0.364. The highest BCUT2D eigenvalue weighted by atomic mass is 19.1. The highest BCUT2D eigenvalue weighted by molar-refractivity contribution is 5.51. The number of benzene rings is 2. The number of rotatable bonds is 6. The maximum atomic E-state index is 13.9. The number of quaternary nitrogens is 2. The van der Waals surface area contributed by atoms with Crippen molar-refractivity contribution < 1.29 is 23.3 Å². The summed E-state index contributed by atoms with van der Waals surface area (Å²) in [6, 6.07) is 15.2. The molecule has 1 fully saturated rings. The molecule has 0 amide bonds. The molecule has 29 heavy (non-hydrogen) atoms. The molecule has 2 heterocycles.